The third-order valence-electron chi connectivity index (χ3n) is 5.27. The summed E-state index contributed by atoms with van der Waals surface area (Å²) in [5, 5.41) is 10.1. The van der Waals surface area contributed by atoms with Crippen LogP contribution in [0.15, 0.2) is 84.9 Å². The Morgan fingerprint density at radius 1 is 0.793 bits per heavy atom. The number of carbonyl (C=O) groups excluding carboxylic acids is 1. The van der Waals surface area contributed by atoms with E-state index in [1.54, 1.807) is 12.1 Å². The van der Waals surface area contributed by atoms with E-state index in [-0.39, 0.29) is 12.2 Å². The average molecular weight is 386 g/mol. The van der Waals surface area contributed by atoms with Crippen molar-refractivity contribution in [3.8, 4) is 0 Å². The van der Waals surface area contributed by atoms with Crippen LogP contribution >= 0.6 is 0 Å². The third kappa shape index (κ3) is 5.20. The highest BCUT2D eigenvalue weighted by Gasteiger charge is 2.32. The molecule has 3 aromatic rings. The molecule has 0 aliphatic rings. The SMILES string of the molecule is CCCc1ccc(C(CC(=O)c2ccccc2)C(C(=O)O)c2ccccc2)cc1. The molecule has 0 aliphatic heterocycles. The van der Waals surface area contributed by atoms with E-state index in [1.807, 2.05) is 72.8 Å². The molecule has 0 bridgehead atoms. The summed E-state index contributed by atoms with van der Waals surface area (Å²) >= 11 is 0. The Labute approximate surface area is 172 Å². The minimum Gasteiger partial charge on any atom is -0.481 e. The predicted molar refractivity (Wildman–Crippen MR) is 115 cm³/mol. The number of carboxylic acids is 1. The molecule has 2 unspecified atom stereocenters. The first-order chi connectivity index (χ1) is 14.1. The van der Waals surface area contributed by atoms with E-state index in [0.29, 0.717) is 11.1 Å². The summed E-state index contributed by atoms with van der Waals surface area (Å²) in [4.78, 5) is 25.3. The lowest BCUT2D eigenvalue weighted by Gasteiger charge is -2.25. The summed E-state index contributed by atoms with van der Waals surface area (Å²) in [6.07, 6.45) is 2.18. The van der Waals surface area contributed by atoms with Gasteiger partial charge in [-0.05, 0) is 23.1 Å². The van der Waals surface area contributed by atoms with Crippen molar-refractivity contribution >= 4 is 11.8 Å². The smallest absolute Gasteiger partial charge is 0.311 e. The van der Waals surface area contributed by atoms with E-state index in [9.17, 15) is 14.7 Å². The summed E-state index contributed by atoms with van der Waals surface area (Å²) in [7, 11) is 0. The van der Waals surface area contributed by atoms with Crippen LogP contribution in [0.4, 0.5) is 0 Å². The van der Waals surface area contributed by atoms with Crippen LogP contribution in [-0.2, 0) is 11.2 Å². The zero-order valence-corrected chi connectivity index (χ0v) is 16.6. The molecule has 3 aromatic carbocycles. The van der Waals surface area contributed by atoms with Gasteiger partial charge in [0.25, 0.3) is 0 Å². The van der Waals surface area contributed by atoms with Gasteiger partial charge in [0, 0.05) is 17.9 Å². The first-order valence-electron chi connectivity index (χ1n) is 10.0. The zero-order valence-electron chi connectivity index (χ0n) is 16.6. The second kappa shape index (κ2) is 9.83. The predicted octanol–water partition coefficient (Wildman–Crippen LogP) is 5.86. The van der Waals surface area contributed by atoms with Gasteiger partial charge in [-0.25, -0.2) is 0 Å². The highest BCUT2D eigenvalue weighted by molar-refractivity contribution is 5.97. The van der Waals surface area contributed by atoms with Gasteiger partial charge in [0.1, 0.15) is 0 Å². The van der Waals surface area contributed by atoms with Crippen molar-refractivity contribution < 1.29 is 14.7 Å². The lowest BCUT2D eigenvalue weighted by Crippen LogP contribution is -2.23. The standard InChI is InChI=1S/C26H26O3/c1-2-9-19-14-16-20(17-15-19)23(18-24(27)21-10-5-3-6-11-21)25(26(28)29)22-12-7-4-8-13-22/h3-8,10-17,23,25H,2,9,18H2,1H3,(H,28,29). The summed E-state index contributed by atoms with van der Waals surface area (Å²) in [5.74, 6) is -2.20. The van der Waals surface area contributed by atoms with Crippen LogP contribution in [-0.4, -0.2) is 16.9 Å². The van der Waals surface area contributed by atoms with E-state index in [1.165, 1.54) is 5.56 Å². The number of carboxylic acid groups (broad SMARTS) is 1. The molecule has 3 heteroatoms. The van der Waals surface area contributed by atoms with Crippen LogP contribution in [0, 0.1) is 0 Å². The van der Waals surface area contributed by atoms with Crippen molar-refractivity contribution in [3.05, 3.63) is 107 Å². The fourth-order valence-electron chi connectivity index (χ4n) is 3.80. The number of hydrogen-bond donors (Lipinski definition) is 1. The Morgan fingerprint density at radius 3 is 1.93 bits per heavy atom. The lowest BCUT2D eigenvalue weighted by atomic mass is 9.77. The highest BCUT2D eigenvalue weighted by atomic mass is 16.4. The van der Waals surface area contributed by atoms with Crippen LogP contribution in [0.1, 0.15) is 58.6 Å². The first kappa shape index (κ1) is 20.5. The summed E-state index contributed by atoms with van der Waals surface area (Å²) in [6.45, 7) is 2.13. The molecule has 29 heavy (non-hydrogen) atoms. The van der Waals surface area contributed by atoms with E-state index >= 15 is 0 Å². The second-order valence-electron chi connectivity index (χ2n) is 7.32. The molecule has 3 nitrogen and oxygen atoms in total. The molecule has 0 radical (unpaired) electrons. The molecule has 0 aromatic heterocycles. The van der Waals surface area contributed by atoms with E-state index < -0.39 is 17.8 Å². The summed E-state index contributed by atoms with van der Waals surface area (Å²) in [6, 6.07) is 26.3. The van der Waals surface area contributed by atoms with Gasteiger partial charge < -0.3 is 5.11 Å². The van der Waals surface area contributed by atoms with Crippen LogP contribution in [0.5, 0.6) is 0 Å². The van der Waals surface area contributed by atoms with E-state index in [2.05, 4.69) is 6.92 Å². The van der Waals surface area contributed by atoms with Crippen LogP contribution in [0.25, 0.3) is 0 Å². The maximum atomic E-state index is 13.0. The maximum absolute atomic E-state index is 13.0. The summed E-state index contributed by atoms with van der Waals surface area (Å²) < 4.78 is 0. The number of carbonyl (C=O) groups is 2. The number of ketones is 1. The molecule has 3 rings (SSSR count). The van der Waals surface area contributed by atoms with Gasteiger partial charge in [0.15, 0.2) is 5.78 Å². The topological polar surface area (TPSA) is 54.4 Å². The first-order valence-corrected chi connectivity index (χ1v) is 10.0. The molecule has 0 heterocycles. The number of aryl methyl sites for hydroxylation is 1. The molecule has 0 saturated carbocycles. The van der Waals surface area contributed by atoms with Crippen LogP contribution in [0.3, 0.4) is 0 Å². The number of aliphatic carboxylic acids is 1. The molecular formula is C26H26O3. The molecule has 0 saturated heterocycles. The number of benzene rings is 3. The number of Topliss-reactive ketones (excluding diaryl/α,β-unsaturated/α-hetero) is 1. The lowest BCUT2D eigenvalue weighted by molar-refractivity contribution is -0.139. The Bertz CT molecular complexity index is 931. The molecular weight excluding hydrogens is 360 g/mol. The minimum atomic E-state index is -0.917. The quantitative estimate of drug-likeness (QED) is 0.468. The fraction of sp³-hybridized carbons (Fsp3) is 0.231. The molecule has 0 aliphatic carbocycles. The number of hydrogen-bond acceptors (Lipinski definition) is 2. The van der Waals surface area contributed by atoms with Crippen LogP contribution in [0.2, 0.25) is 0 Å². The van der Waals surface area contributed by atoms with Crippen LogP contribution < -0.4 is 0 Å². The van der Waals surface area contributed by atoms with Crippen molar-refractivity contribution in [2.45, 2.75) is 38.0 Å². The Hall–Kier alpha value is -3.20. The molecule has 0 spiro atoms. The highest BCUT2D eigenvalue weighted by Crippen LogP contribution is 2.37. The fourth-order valence-corrected chi connectivity index (χ4v) is 3.80. The summed E-state index contributed by atoms with van der Waals surface area (Å²) in [5.41, 5.74) is 3.42. The third-order valence-corrected chi connectivity index (χ3v) is 5.27. The van der Waals surface area contributed by atoms with Gasteiger partial charge >= 0.3 is 5.97 Å². The number of rotatable bonds is 9. The van der Waals surface area contributed by atoms with Crippen molar-refractivity contribution in [1.82, 2.24) is 0 Å². The Balaban J connectivity index is 2.00. The normalized spacial score (nSPS) is 12.9. The monoisotopic (exact) mass is 386 g/mol. The molecule has 1 N–H and O–H groups in total. The van der Waals surface area contributed by atoms with Gasteiger partial charge in [-0.3, -0.25) is 9.59 Å². The Morgan fingerprint density at radius 2 is 1.38 bits per heavy atom. The zero-order chi connectivity index (χ0) is 20.6. The molecule has 2 atom stereocenters. The molecule has 0 fully saturated rings. The minimum absolute atomic E-state index is 0.0459. The van der Waals surface area contributed by atoms with Crippen molar-refractivity contribution in [2.75, 3.05) is 0 Å². The Kier molecular flexibility index (Phi) is 6.96. The van der Waals surface area contributed by atoms with Gasteiger partial charge in [-0.15, -0.1) is 0 Å². The van der Waals surface area contributed by atoms with Gasteiger partial charge in [-0.1, -0.05) is 98.3 Å². The van der Waals surface area contributed by atoms with Crippen molar-refractivity contribution in [1.29, 1.82) is 0 Å². The van der Waals surface area contributed by atoms with Gasteiger partial charge in [0.05, 0.1) is 5.92 Å². The molecule has 0 amide bonds. The molecule has 148 valence electrons. The second-order valence-corrected chi connectivity index (χ2v) is 7.32. The van der Waals surface area contributed by atoms with E-state index in [0.717, 1.165) is 18.4 Å². The van der Waals surface area contributed by atoms with E-state index in [4.69, 9.17) is 0 Å². The van der Waals surface area contributed by atoms with Crippen molar-refractivity contribution in [3.63, 3.8) is 0 Å². The maximum Gasteiger partial charge on any atom is 0.311 e. The van der Waals surface area contributed by atoms with Crippen molar-refractivity contribution in [2.24, 2.45) is 0 Å². The largest absolute Gasteiger partial charge is 0.481 e. The van der Waals surface area contributed by atoms with Gasteiger partial charge in [-0.2, -0.15) is 0 Å². The average Bonchev–Trinajstić information content (AvgIpc) is 2.75. The van der Waals surface area contributed by atoms with Gasteiger partial charge in [0.2, 0.25) is 0 Å².